The molecule has 0 radical (unpaired) electrons. The molecule has 0 saturated carbocycles. The first-order valence-corrected chi connectivity index (χ1v) is 6.14. The molecule has 1 aromatic rings. The van der Waals surface area contributed by atoms with Crippen LogP contribution in [0.5, 0.6) is 5.75 Å². The average molecular weight is 234 g/mol. The minimum atomic E-state index is 0.310. The van der Waals surface area contributed by atoms with Gasteiger partial charge in [-0.15, -0.1) is 0 Å². The molecule has 0 aliphatic rings. The van der Waals surface area contributed by atoms with E-state index in [1.165, 1.54) is 15.4 Å². The highest BCUT2D eigenvalue weighted by atomic mass is 32.2. The summed E-state index contributed by atoms with van der Waals surface area (Å²) in [6, 6.07) is 7.36. The molecule has 0 spiro atoms. The lowest BCUT2D eigenvalue weighted by Crippen LogP contribution is -1.83. The van der Waals surface area contributed by atoms with Crippen molar-refractivity contribution < 1.29 is 5.11 Å². The highest BCUT2D eigenvalue weighted by molar-refractivity contribution is 8.11. The largest absolute Gasteiger partial charge is 0.508 e. The molecule has 16 heavy (non-hydrogen) atoms. The third-order valence-electron chi connectivity index (χ3n) is 2.25. The molecular weight excluding hydrogens is 216 g/mol. The molecule has 1 nitrogen and oxygen atoms in total. The van der Waals surface area contributed by atoms with Crippen molar-refractivity contribution in [3.8, 4) is 5.75 Å². The first-order valence-electron chi connectivity index (χ1n) is 5.32. The second-order valence-electron chi connectivity index (χ2n) is 3.88. The number of allylic oxidation sites excluding steroid dienone is 3. The fourth-order valence-corrected chi connectivity index (χ4v) is 2.18. The van der Waals surface area contributed by atoms with Crippen LogP contribution < -0.4 is 0 Å². The van der Waals surface area contributed by atoms with Gasteiger partial charge in [0, 0.05) is 4.91 Å². The first-order chi connectivity index (χ1) is 7.54. The zero-order valence-electron chi connectivity index (χ0n) is 10.2. The predicted octanol–water partition coefficient (Wildman–Crippen LogP) is 4.80. The van der Waals surface area contributed by atoms with Crippen LogP contribution in [-0.2, 0) is 0 Å². The van der Waals surface area contributed by atoms with Crippen molar-refractivity contribution in [3.05, 3.63) is 46.4 Å². The topological polar surface area (TPSA) is 20.2 Å². The normalized spacial score (nSPS) is 11.4. The van der Waals surface area contributed by atoms with Gasteiger partial charge in [-0.2, -0.15) is 0 Å². The molecule has 0 fully saturated rings. The van der Waals surface area contributed by atoms with E-state index in [9.17, 15) is 5.11 Å². The van der Waals surface area contributed by atoms with Crippen LogP contribution in [0.3, 0.4) is 0 Å². The van der Waals surface area contributed by atoms with E-state index in [0.717, 1.165) is 5.56 Å². The molecule has 0 aliphatic carbocycles. The summed E-state index contributed by atoms with van der Waals surface area (Å²) in [5, 5.41) is 9.27. The van der Waals surface area contributed by atoms with E-state index in [-0.39, 0.29) is 0 Å². The van der Waals surface area contributed by atoms with E-state index in [0.29, 0.717) is 5.75 Å². The van der Waals surface area contributed by atoms with Gasteiger partial charge < -0.3 is 5.11 Å². The Labute approximate surface area is 102 Å². The summed E-state index contributed by atoms with van der Waals surface area (Å²) >= 11 is 1.77. The smallest absolute Gasteiger partial charge is 0.115 e. The molecule has 0 bridgehead atoms. The van der Waals surface area contributed by atoms with Crippen LogP contribution in [0.25, 0.3) is 4.91 Å². The minimum absolute atomic E-state index is 0.310. The van der Waals surface area contributed by atoms with Crippen LogP contribution >= 0.6 is 11.8 Å². The maximum absolute atomic E-state index is 9.27. The number of rotatable bonds is 3. The van der Waals surface area contributed by atoms with Gasteiger partial charge >= 0.3 is 0 Å². The Balaban J connectivity index is 3.05. The van der Waals surface area contributed by atoms with E-state index in [1.54, 1.807) is 23.9 Å². The highest BCUT2D eigenvalue weighted by Gasteiger charge is 2.05. The third kappa shape index (κ3) is 3.46. The van der Waals surface area contributed by atoms with Crippen LogP contribution in [-0.4, -0.2) is 5.11 Å². The average Bonchev–Trinajstić information content (AvgIpc) is 2.26. The van der Waals surface area contributed by atoms with E-state index in [1.807, 2.05) is 19.1 Å². The first kappa shape index (κ1) is 12.9. The number of phenolic OH excluding ortho intramolecular Hbond substituents is 1. The van der Waals surface area contributed by atoms with Crippen molar-refractivity contribution in [2.75, 3.05) is 0 Å². The maximum Gasteiger partial charge on any atom is 0.115 e. The molecule has 2 heteroatoms. The molecule has 0 heterocycles. The van der Waals surface area contributed by atoms with Gasteiger partial charge in [0.2, 0.25) is 0 Å². The minimum Gasteiger partial charge on any atom is -0.508 e. The van der Waals surface area contributed by atoms with Crippen LogP contribution in [0.2, 0.25) is 0 Å². The third-order valence-corrected chi connectivity index (χ3v) is 3.66. The molecule has 1 aromatic carbocycles. The van der Waals surface area contributed by atoms with E-state index < -0.39 is 0 Å². The highest BCUT2D eigenvalue weighted by Crippen LogP contribution is 2.36. The Bertz CT molecular complexity index is 409. The summed E-state index contributed by atoms with van der Waals surface area (Å²) in [6.07, 6.45) is 2.11. The van der Waals surface area contributed by atoms with Crippen molar-refractivity contribution in [2.24, 2.45) is 0 Å². The Hall–Kier alpha value is -1.15. The summed E-state index contributed by atoms with van der Waals surface area (Å²) in [5.74, 6) is 0.310. The van der Waals surface area contributed by atoms with Gasteiger partial charge in [0.05, 0.1) is 0 Å². The Morgan fingerprint density at radius 3 is 2.12 bits per heavy atom. The van der Waals surface area contributed by atoms with Crippen molar-refractivity contribution >= 4 is 16.7 Å². The monoisotopic (exact) mass is 234 g/mol. The lowest BCUT2D eigenvalue weighted by atomic mass is 10.1. The number of hydrogen-bond acceptors (Lipinski definition) is 2. The van der Waals surface area contributed by atoms with Gasteiger partial charge in [-0.25, -0.2) is 0 Å². The fourth-order valence-electron chi connectivity index (χ4n) is 1.28. The molecule has 0 aliphatic heterocycles. The Morgan fingerprint density at radius 1 is 1.12 bits per heavy atom. The van der Waals surface area contributed by atoms with Crippen LogP contribution in [0.15, 0.2) is 40.8 Å². The van der Waals surface area contributed by atoms with Crippen molar-refractivity contribution in [3.63, 3.8) is 0 Å². The number of hydrogen-bond donors (Lipinski definition) is 1. The lowest BCUT2D eigenvalue weighted by molar-refractivity contribution is 0.475. The van der Waals surface area contributed by atoms with E-state index >= 15 is 0 Å². The molecule has 0 saturated heterocycles. The molecule has 0 aromatic heterocycles. The molecule has 1 rings (SSSR count). The van der Waals surface area contributed by atoms with E-state index in [4.69, 9.17) is 0 Å². The van der Waals surface area contributed by atoms with Gasteiger partial charge in [-0.05, 0) is 50.3 Å². The van der Waals surface area contributed by atoms with Crippen molar-refractivity contribution in [1.82, 2.24) is 0 Å². The Morgan fingerprint density at radius 2 is 1.69 bits per heavy atom. The molecule has 1 N–H and O–H groups in total. The van der Waals surface area contributed by atoms with Gasteiger partial charge in [0.15, 0.2) is 0 Å². The van der Waals surface area contributed by atoms with Gasteiger partial charge in [-0.3, -0.25) is 0 Å². The molecule has 0 amide bonds. The fraction of sp³-hybridized carbons (Fsp3) is 0.286. The SMILES string of the molecule is C/C=C(/C)SC(=C(C)C)c1ccc(O)cc1. The van der Waals surface area contributed by atoms with E-state index in [2.05, 4.69) is 26.8 Å². The lowest BCUT2D eigenvalue weighted by Gasteiger charge is -2.10. The quantitative estimate of drug-likeness (QED) is 0.810. The van der Waals surface area contributed by atoms with Crippen LogP contribution in [0.1, 0.15) is 33.3 Å². The summed E-state index contributed by atoms with van der Waals surface area (Å²) in [4.78, 5) is 2.54. The summed E-state index contributed by atoms with van der Waals surface area (Å²) in [5.41, 5.74) is 2.45. The number of aromatic hydroxyl groups is 1. The van der Waals surface area contributed by atoms with Crippen LogP contribution in [0, 0.1) is 0 Å². The second kappa shape index (κ2) is 5.80. The number of phenols is 1. The molecular formula is C14H18OS. The number of benzene rings is 1. The van der Waals surface area contributed by atoms with Gasteiger partial charge in [-0.1, -0.05) is 35.5 Å². The summed E-state index contributed by atoms with van der Waals surface area (Å²) in [6.45, 7) is 8.37. The van der Waals surface area contributed by atoms with Gasteiger partial charge in [0.25, 0.3) is 0 Å². The van der Waals surface area contributed by atoms with Crippen molar-refractivity contribution in [1.29, 1.82) is 0 Å². The standard InChI is InChI=1S/C14H18OS/c1-5-11(4)16-14(10(2)3)12-6-8-13(15)9-7-12/h5-9,15H,1-4H3/b11-5-. The van der Waals surface area contributed by atoms with Crippen molar-refractivity contribution in [2.45, 2.75) is 27.7 Å². The molecule has 86 valence electrons. The predicted molar refractivity (Wildman–Crippen MR) is 73.4 cm³/mol. The zero-order chi connectivity index (χ0) is 12.1. The number of thioether (sulfide) groups is 1. The van der Waals surface area contributed by atoms with Crippen LogP contribution in [0.4, 0.5) is 0 Å². The summed E-state index contributed by atoms with van der Waals surface area (Å²) < 4.78 is 0. The van der Waals surface area contributed by atoms with Gasteiger partial charge in [0.1, 0.15) is 5.75 Å². The molecule has 0 atom stereocenters. The Kier molecular flexibility index (Phi) is 4.69. The zero-order valence-corrected chi connectivity index (χ0v) is 11.1. The molecule has 0 unspecified atom stereocenters. The maximum atomic E-state index is 9.27. The summed E-state index contributed by atoms with van der Waals surface area (Å²) in [7, 11) is 0. The second-order valence-corrected chi connectivity index (χ2v) is 5.13.